The van der Waals surface area contributed by atoms with Crippen LogP contribution in [0.3, 0.4) is 0 Å². The van der Waals surface area contributed by atoms with Gasteiger partial charge in [0, 0.05) is 25.6 Å². The molecule has 2 aromatic heterocycles. The molecule has 0 aliphatic rings. The molecule has 2 N–H and O–H groups in total. The number of carboxylic acid groups (broad SMARTS) is 1. The zero-order valence-corrected chi connectivity index (χ0v) is 13.5. The first-order chi connectivity index (χ1) is 10.9. The van der Waals surface area contributed by atoms with Crippen molar-refractivity contribution in [3.05, 3.63) is 30.2 Å². The molecule has 0 aliphatic carbocycles. The molecule has 1 amide bonds. The predicted octanol–water partition coefficient (Wildman–Crippen LogP) is 1.67. The Morgan fingerprint density at radius 3 is 2.78 bits per heavy atom. The van der Waals surface area contributed by atoms with Crippen LogP contribution in [0.25, 0.3) is 5.65 Å². The molecule has 0 unspecified atom stereocenters. The van der Waals surface area contributed by atoms with E-state index in [1.54, 1.807) is 13.8 Å². The zero-order chi connectivity index (χ0) is 16.9. The highest BCUT2D eigenvalue weighted by atomic mass is 16.4. The van der Waals surface area contributed by atoms with E-state index >= 15 is 0 Å². The Balaban J connectivity index is 1.75. The summed E-state index contributed by atoms with van der Waals surface area (Å²) in [5.74, 6) is -0.148. The number of amides is 1. The van der Waals surface area contributed by atoms with E-state index in [-0.39, 0.29) is 18.7 Å². The van der Waals surface area contributed by atoms with E-state index < -0.39 is 11.4 Å². The molecule has 7 nitrogen and oxygen atoms in total. The number of aryl methyl sites for hydroxylation is 1. The summed E-state index contributed by atoms with van der Waals surface area (Å²) in [6.45, 7) is 4.09. The van der Waals surface area contributed by atoms with Gasteiger partial charge in [0.2, 0.25) is 5.91 Å². The third kappa shape index (κ3) is 5.05. The van der Waals surface area contributed by atoms with Gasteiger partial charge in [-0.3, -0.25) is 14.0 Å². The molecule has 0 aliphatic heterocycles. The standard InChI is InChI=1S/C16H22N4O3/c1-16(2,11-15(22)23)10-14(21)17-8-5-7-13-19-18-12-6-3-4-9-20(12)13/h3-4,6,9H,5,7-8,10-11H2,1-2H3,(H,17,21)(H,22,23). The Morgan fingerprint density at radius 1 is 1.26 bits per heavy atom. The van der Waals surface area contributed by atoms with E-state index in [4.69, 9.17) is 5.11 Å². The fraction of sp³-hybridized carbons (Fsp3) is 0.500. The lowest BCUT2D eigenvalue weighted by atomic mass is 9.85. The summed E-state index contributed by atoms with van der Waals surface area (Å²) < 4.78 is 1.93. The van der Waals surface area contributed by atoms with E-state index in [0.29, 0.717) is 13.0 Å². The minimum absolute atomic E-state index is 0.0217. The highest BCUT2D eigenvalue weighted by molar-refractivity contribution is 5.77. The Kier molecular flexibility index (Phi) is 5.31. The molecule has 2 heterocycles. The van der Waals surface area contributed by atoms with Crippen LogP contribution in [-0.4, -0.2) is 38.1 Å². The molecule has 0 saturated heterocycles. The Morgan fingerprint density at radius 2 is 2.04 bits per heavy atom. The molecule has 0 radical (unpaired) electrons. The molecule has 0 bridgehead atoms. The van der Waals surface area contributed by atoms with Gasteiger partial charge < -0.3 is 10.4 Å². The summed E-state index contributed by atoms with van der Waals surface area (Å²) in [5, 5.41) is 19.9. The minimum Gasteiger partial charge on any atom is -0.481 e. The number of aliphatic carboxylic acids is 1. The number of pyridine rings is 1. The number of fused-ring (bicyclic) bond motifs is 1. The average Bonchev–Trinajstić information content (AvgIpc) is 2.85. The molecule has 23 heavy (non-hydrogen) atoms. The molecular weight excluding hydrogens is 296 g/mol. The van der Waals surface area contributed by atoms with Crippen molar-refractivity contribution in [1.29, 1.82) is 0 Å². The lowest BCUT2D eigenvalue weighted by molar-refractivity contribution is -0.139. The number of hydrogen-bond acceptors (Lipinski definition) is 4. The van der Waals surface area contributed by atoms with E-state index in [0.717, 1.165) is 17.9 Å². The SMILES string of the molecule is CC(C)(CC(=O)O)CC(=O)NCCCc1nnc2ccccn12. The fourth-order valence-electron chi connectivity index (χ4n) is 2.50. The van der Waals surface area contributed by atoms with Gasteiger partial charge in [-0.2, -0.15) is 0 Å². The van der Waals surface area contributed by atoms with E-state index in [2.05, 4.69) is 15.5 Å². The summed E-state index contributed by atoms with van der Waals surface area (Å²) in [6.07, 6.45) is 3.56. The van der Waals surface area contributed by atoms with Gasteiger partial charge in [-0.15, -0.1) is 10.2 Å². The van der Waals surface area contributed by atoms with Crippen LogP contribution in [0.2, 0.25) is 0 Å². The van der Waals surface area contributed by atoms with Gasteiger partial charge in [0.15, 0.2) is 5.65 Å². The van der Waals surface area contributed by atoms with Crippen LogP contribution >= 0.6 is 0 Å². The van der Waals surface area contributed by atoms with Crippen molar-refractivity contribution in [2.45, 2.75) is 39.5 Å². The van der Waals surface area contributed by atoms with Crippen molar-refractivity contribution in [3.63, 3.8) is 0 Å². The predicted molar refractivity (Wildman–Crippen MR) is 85.0 cm³/mol. The van der Waals surface area contributed by atoms with Crippen LogP contribution in [0, 0.1) is 5.41 Å². The molecule has 2 rings (SSSR count). The maximum atomic E-state index is 11.9. The molecule has 0 atom stereocenters. The Bertz CT molecular complexity index is 693. The van der Waals surface area contributed by atoms with Crippen LogP contribution in [-0.2, 0) is 16.0 Å². The van der Waals surface area contributed by atoms with Gasteiger partial charge in [0.1, 0.15) is 5.82 Å². The van der Waals surface area contributed by atoms with Crippen LogP contribution in [0.5, 0.6) is 0 Å². The van der Waals surface area contributed by atoms with E-state index in [1.165, 1.54) is 0 Å². The van der Waals surface area contributed by atoms with Crippen LogP contribution in [0.1, 0.15) is 38.9 Å². The number of carbonyl (C=O) groups is 2. The van der Waals surface area contributed by atoms with Crippen molar-refractivity contribution < 1.29 is 14.7 Å². The lowest BCUT2D eigenvalue weighted by Gasteiger charge is -2.21. The first kappa shape index (κ1) is 16.9. The first-order valence-corrected chi connectivity index (χ1v) is 7.64. The van der Waals surface area contributed by atoms with Crippen molar-refractivity contribution >= 4 is 17.5 Å². The van der Waals surface area contributed by atoms with Crippen molar-refractivity contribution in [2.75, 3.05) is 6.54 Å². The normalized spacial score (nSPS) is 11.6. The average molecular weight is 318 g/mol. The highest BCUT2D eigenvalue weighted by Crippen LogP contribution is 2.24. The molecule has 0 aromatic carbocycles. The Hall–Kier alpha value is -2.44. The van der Waals surface area contributed by atoms with Gasteiger partial charge in [0.05, 0.1) is 6.42 Å². The topological polar surface area (TPSA) is 96.6 Å². The number of carbonyl (C=O) groups excluding carboxylic acids is 1. The van der Waals surface area contributed by atoms with Crippen molar-refractivity contribution in [1.82, 2.24) is 19.9 Å². The van der Waals surface area contributed by atoms with Crippen molar-refractivity contribution in [2.24, 2.45) is 5.41 Å². The molecular formula is C16H22N4O3. The molecule has 0 saturated carbocycles. The number of carboxylic acids is 1. The monoisotopic (exact) mass is 318 g/mol. The summed E-state index contributed by atoms with van der Waals surface area (Å²) >= 11 is 0. The van der Waals surface area contributed by atoms with Crippen LogP contribution in [0.15, 0.2) is 24.4 Å². The van der Waals surface area contributed by atoms with Gasteiger partial charge in [0.25, 0.3) is 0 Å². The van der Waals surface area contributed by atoms with Crippen molar-refractivity contribution in [3.8, 4) is 0 Å². The van der Waals surface area contributed by atoms with Crippen LogP contribution in [0.4, 0.5) is 0 Å². The van der Waals surface area contributed by atoms with Crippen LogP contribution < -0.4 is 5.32 Å². The summed E-state index contributed by atoms with van der Waals surface area (Å²) in [7, 11) is 0. The minimum atomic E-state index is -0.888. The second-order valence-electron chi connectivity index (χ2n) is 6.41. The maximum Gasteiger partial charge on any atom is 0.303 e. The van der Waals surface area contributed by atoms with E-state index in [1.807, 2.05) is 28.8 Å². The smallest absolute Gasteiger partial charge is 0.303 e. The fourth-order valence-corrected chi connectivity index (χ4v) is 2.50. The lowest BCUT2D eigenvalue weighted by Crippen LogP contribution is -2.31. The molecule has 0 fully saturated rings. The van der Waals surface area contributed by atoms with Gasteiger partial charge in [-0.25, -0.2) is 0 Å². The number of nitrogens with zero attached hydrogens (tertiary/aromatic N) is 3. The first-order valence-electron chi connectivity index (χ1n) is 7.64. The zero-order valence-electron chi connectivity index (χ0n) is 13.5. The largest absolute Gasteiger partial charge is 0.481 e. The number of aromatic nitrogens is 3. The van der Waals surface area contributed by atoms with Gasteiger partial charge in [-0.05, 0) is 24.0 Å². The summed E-state index contributed by atoms with van der Waals surface area (Å²) in [4.78, 5) is 22.6. The van der Waals surface area contributed by atoms with Gasteiger partial charge in [-0.1, -0.05) is 19.9 Å². The second kappa shape index (κ2) is 7.21. The quantitative estimate of drug-likeness (QED) is 0.722. The van der Waals surface area contributed by atoms with E-state index in [9.17, 15) is 9.59 Å². The third-order valence-electron chi connectivity index (χ3n) is 3.55. The number of hydrogen-bond donors (Lipinski definition) is 2. The molecule has 0 spiro atoms. The molecule has 7 heteroatoms. The highest BCUT2D eigenvalue weighted by Gasteiger charge is 2.24. The number of rotatable bonds is 8. The van der Waals surface area contributed by atoms with Gasteiger partial charge >= 0.3 is 5.97 Å². The second-order valence-corrected chi connectivity index (χ2v) is 6.41. The number of nitrogens with one attached hydrogen (secondary N) is 1. The molecule has 2 aromatic rings. The summed E-state index contributed by atoms with van der Waals surface area (Å²) in [5.41, 5.74) is 0.265. The summed E-state index contributed by atoms with van der Waals surface area (Å²) in [6, 6.07) is 5.72. The third-order valence-corrected chi connectivity index (χ3v) is 3.55. The Labute approximate surface area is 134 Å². The molecule has 124 valence electrons. The maximum absolute atomic E-state index is 11.9.